The van der Waals surface area contributed by atoms with Gasteiger partial charge < -0.3 is 5.32 Å². The van der Waals surface area contributed by atoms with Crippen molar-refractivity contribution in [3.63, 3.8) is 0 Å². The zero-order chi connectivity index (χ0) is 16.3. The summed E-state index contributed by atoms with van der Waals surface area (Å²) in [5, 5.41) is 11.9. The zero-order valence-corrected chi connectivity index (χ0v) is 14.1. The van der Waals surface area contributed by atoms with E-state index in [4.69, 9.17) is 0 Å². The summed E-state index contributed by atoms with van der Waals surface area (Å²) in [6, 6.07) is 2.02. The minimum Gasteiger partial charge on any atom is -0.311 e. The Labute approximate surface area is 131 Å². The SMILES string of the molecule is CCc1nn(C)c(NC(=O)CCn2nc(C)cc2C)c1CC. The van der Waals surface area contributed by atoms with E-state index < -0.39 is 0 Å². The topological polar surface area (TPSA) is 64.7 Å². The molecule has 6 nitrogen and oxygen atoms in total. The van der Waals surface area contributed by atoms with Crippen molar-refractivity contribution in [3.05, 3.63) is 28.7 Å². The van der Waals surface area contributed by atoms with E-state index in [9.17, 15) is 4.79 Å². The molecule has 0 fully saturated rings. The molecule has 0 radical (unpaired) electrons. The molecule has 0 bridgehead atoms. The van der Waals surface area contributed by atoms with E-state index in [1.165, 1.54) is 0 Å². The lowest BCUT2D eigenvalue weighted by Gasteiger charge is -2.09. The van der Waals surface area contributed by atoms with Crippen LogP contribution in [0, 0.1) is 13.8 Å². The second-order valence-electron chi connectivity index (χ2n) is 5.55. The molecule has 0 aliphatic carbocycles. The Balaban J connectivity index is 2.03. The first-order valence-electron chi connectivity index (χ1n) is 7.81. The van der Waals surface area contributed by atoms with Gasteiger partial charge in [-0.3, -0.25) is 14.2 Å². The molecule has 0 spiro atoms. The number of carbonyl (C=O) groups excluding carboxylic acids is 1. The molecule has 0 atom stereocenters. The Kier molecular flexibility index (Phi) is 5.00. The minimum absolute atomic E-state index is 0.00657. The van der Waals surface area contributed by atoms with Gasteiger partial charge in [0.05, 0.1) is 11.4 Å². The van der Waals surface area contributed by atoms with Gasteiger partial charge in [0.15, 0.2) is 0 Å². The van der Waals surface area contributed by atoms with Crippen LogP contribution >= 0.6 is 0 Å². The van der Waals surface area contributed by atoms with E-state index in [1.54, 1.807) is 4.68 Å². The number of hydrogen-bond donors (Lipinski definition) is 1. The fourth-order valence-corrected chi connectivity index (χ4v) is 2.74. The van der Waals surface area contributed by atoms with Crippen LogP contribution in [-0.2, 0) is 31.2 Å². The highest BCUT2D eigenvalue weighted by molar-refractivity contribution is 5.90. The summed E-state index contributed by atoms with van der Waals surface area (Å²) in [6.45, 7) is 8.71. The van der Waals surface area contributed by atoms with Crippen LogP contribution in [0.4, 0.5) is 5.82 Å². The smallest absolute Gasteiger partial charge is 0.227 e. The predicted octanol–water partition coefficient (Wildman–Crippen LogP) is 2.39. The number of hydrogen-bond acceptors (Lipinski definition) is 3. The van der Waals surface area contributed by atoms with E-state index in [-0.39, 0.29) is 5.91 Å². The van der Waals surface area contributed by atoms with Crippen LogP contribution in [0.1, 0.15) is 42.9 Å². The lowest BCUT2D eigenvalue weighted by Crippen LogP contribution is -2.18. The van der Waals surface area contributed by atoms with Crippen molar-refractivity contribution in [2.24, 2.45) is 7.05 Å². The molecule has 0 saturated heterocycles. The summed E-state index contributed by atoms with van der Waals surface area (Å²) in [7, 11) is 1.87. The van der Waals surface area contributed by atoms with Crippen LogP contribution in [0.2, 0.25) is 0 Å². The normalized spacial score (nSPS) is 11.0. The molecule has 1 N–H and O–H groups in total. The molecular weight excluding hydrogens is 278 g/mol. The summed E-state index contributed by atoms with van der Waals surface area (Å²) < 4.78 is 3.63. The lowest BCUT2D eigenvalue weighted by atomic mass is 10.1. The number of aryl methyl sites for hydroxylation is 5. The van der Waals surface area contributed by atoms with Crippen LogP contribution < -0.4 is 5.32 Å². The molecule has 0 aliphatic rings. The largest absolute Gasteiger partial charge is 0.311 e. The second kappa shape index (κ2) is 6.77. The number of carbonyl (C=O) groups is 1. The summed E-state index contributed by atoms with van der Waals surface area (Å²) >= 11 is 0. The van der Waals surface area contributed by atoms with Crippen LogP contribution in [0.25, 0.3) is 0 Å². The van der Waals surface area contributed by atoms with Crippen molar-refractivity contribution in [2.45, 2.75) is 53.5 Å². The van der Waals surface area contributed by atoms with Crippen molar-refractivity contribution >= 4 is 11.7 Å². The maximum Gasteiger partial charge on any atom is 0.227 e. The predicted molar refractivity (Wildman–Crippen MR) is 86.9 cm³/mol. The van der Waals surface area contributed by atoms with E-state index in [0.29, 0.717) is 13.0 Å². The number of anilines is 1. The van der Waals surface area contributed by atoms with Gasteiger partial charge in [-0.25, -0.2) is 0 Å². The Morgan fingerprint density at radius 1 is 1.23 bits per heavy atom. The summed E-state index contributed by atoms with van der Waals surface area (Å²) in [5.74, 6) is 0.811. The van der Waals surface area contributed by atoms with Crippen molar-refractivity contribution in [1.82, 2.24) is 19.6 Å². The first-order valence-corrected chi connectivity index (χ1v) is 7.81. The van der Waals surface area contributed by atoms with Crippen molar-refractivity contribution < 1.29 is 4.79 Å². The summed E-state index contributed by atoms with van der Waals surface area (Å²) in [4.78, 5) is 12.2. The van der Waals surface area contributed by atoms with Crippen LogP contribution in [0.15, 0.2) is 6.07 Å². The Bertz CT molecular complexity index is 668. The summed E-state index contributed by atoms with van der Waals surface area (Å²) in [6.07, 6.45) is 2.14. The van der Waals surface area contributed by atoms with E-state index in [0.717, 1.165) is 41.3 Å². The number of nitrogens with zero attached hydrogens (tertiary/aromatic N) is 4. The fraction of sp³-hybridized carbons (Fsp3) is 0.562. The van der Waals surface area contributed by atoms with Crippen molar-refractivity contribution in [3.8, 4) is 0 Å². The molecule has 2 aromatic heterocycles. The second-order valence-corrected chi connectivity index (χ2v) is 5.55. The van der Waals surface area contributed by atoms with Gasteiger partial charge in [0.1, 0.15) is 5.82 Å². The monoisotopic (exact) mass is 303 g/mol. The van der Waals surface area contributed by atoms with Gasteiger partial charge in [0.25, 0.3) is 0 Å². The standard InChI is InChI=1S/C16H25N5O/c1-6-13-14(7-2)19-20(5)16(13)17-15(22)8-9-21-12(4)10-11(3)18-21/h10H,6-9H2,1-5H3,(H,17,22). The summed E-state index contributed by atoms with van der Waals surface area (Å²) in [5.41, 5.74) is 4.24. The highest BCUT2D eigenvalue weighted by atomic mass is 16.1. The van der Waals surface area contributed by atoms with Gasteiger partial charge >= 0.3 is 0 Å². The molecule has 1 amide bonds. The molecule has 2 rings (SSSR count). The molecule has 2 aromatic rings. The third kappa shape index (κ3) is 3.37. The lowest BCUT2D eigenvalue weighted by molar-refractivity contribution is -0.116. The first kappa shape index (κ1) is 16.3. The molecular formula is C16H25N5O. The Hall–Kier alpha value is -2.11. The van der Waals surface area contributed by atoms with E-state index >= 15 is 0 Å². The Morgan fingerprint density at radius 3 is 2.50 bits per heavy atom. The highest BCUT2D eigenvalue weighted by Crippen LogP contribution is 2.20. The third-order valence-corrected chi connectivity index (χ3v) is 3.83. The minimum atomic E-state index is -0.00657. The van der Waals surface area contributed by atoms with E-state index in [2.05, 4.69) is 29.4 Å². The molecule has 0 aliphatic heterocycles. The van der Waals surface area contributed by atoms with Gasteiger partial charge in [-0.05, 0) is 32.8 Å². The fourth-order valence-electron chi connectivity index (χ4n) is 2.74. The van der Waals surface area contributed by atoms with Crippen LogP contribution in [0.5, 0.6) is 0 Å². The Morgan fingerprint density at radius 2 is 1.95 bits per heavy atom. The van der Waals surface area contributed by atoms with Crippen molar-refractivity contribution in [2.75, 3.05) is 5.32 Å². The van der Waals surface area contributed by atoms with Crippen molar-refractivity contribution in [1.29, 1.82) is 0 Å². The number of rotatable bonds is 6. The molecule has 0 saturated carbocycles. The van der Waals surface area contributed by atoms with Crippen LogP contribution in [-0.4, -0.2) is 25.5 Å². The molecule has 0 aromatic carbocycles. The maximum atomic E-state index is 12.2. The third-order valence-electron chi connectivity index (χ3n) is 3.83. The molecule has 6 heteroatoms. The van der Waals surface area contributed by atoms with Crippen LogP contribution in [0.3, 0.4) is 0 Å². The molecule has 22 heavy (non-hydrogen) atoms. The average Bonchev–Trinajstić information content (AvgIpc) is 2.96. The number of amides is 1. The molecule has 2 heterocycles. The van der Waals surface area contributed by atoms with Gasteiger partial charge in [0.2, 0.25) is 5.91 Å². The van der Waals surface area contributed by atoms with E-state index in [1.807, 2.05) is 31.6 Å². The first-order chi connectivity index (χ1) is 10.5. The molecule has 0 unspecified atom stereocenters. The molecule has 120 valence electrons. The number of aromatic nitrogens is 4. The average molecular weight is 303 g/mol. The van der Waals surface area contributed by atoms with Gasteiger partial charge in [-0.15, -0.1) is 0 Å². The maximum absolute atomic E-state index is 12.2. The van der Waals surface area contributed by atoms with Gasteiger partial charge in [-0.1, -0.05) is 13.8 Å². The quantitative estimate of drug-likeness (QED) is 0.891. The van der Waals surface area contributed by atoms with Gasteiger partial charge in [-0.2, -0.15) is 10.2 Å². The highest BCUT2D eigenvalue weighted by Gasteiger charge is 2.15. The zero-order valence-electron chi connectivity index (χ0n) is 14.1. The van der Waals surface area contributed by atoms with Gasteiger partial charge in [0, 0.05) is 31.3 Å². The number of nitrogens with one attached hydrogen (secondary N) is 1.